The van der Waals surface area contributed by atoms with Crippen LogP contribution in [0.3, 0.4) is 0 Å². The Balaban J connectivity index is 3.05. The average molecular weight is 313 g/mol. The van der Waals surface area contributed by atoms with E-state index in [1.165, 1.54) is 18.2 Å². The second-order valence-corrected chi connectivity index (χ2v) is 5.44. The summed E-state index contributed by atoms with van der Waals surface area (Å²) in [6, 6.07) is 4.08. The highest BCUT2D eigenvalue weighted by Gasteiger charge is 2.23. The van der Waals surface area contributed by atoms with E-state index < -0.39 is 4.92 Å². The Kier molecular flexibility index (Phi) is 6.62. The molecule has 0 spiro atoms. The van der Waals surface area contributed by atoms with E-state index in [0.717, 1.165) is 19.3 Å². The summed E-state index contributed by atoms with van der Waals surface area (Å²) in [7, 11) is 0. The van der Waals surface area contributed by atoms with Crippen LogP contribution in [0.25, 0.3) is 0 Å². The topological polar surface area (TPSA) is 63.5 Å². The second-order valence-electron chi connectivity index (χ2n) is 5.03. The number of rotatable bonds is 7. The number of nitrogens with zero attached hydrogens (tertiary/aromatic N) is 2. The smallest absolute Gasteiger partial charge is 0.270 e. The maximum absolute atomic E-state index is 12.6. The fraction of sp³-hybridized carbons (Fsp3) is 0.533. The monoisotopic (exact) mass is 312 g/mol. The van der Waals surface area contributed by atoms with Gasteiger partial charge in [-0.25, -0.2) is 0 Å². The van der Waals surface area contributed by atoms with Crippen LogP contribution in [0.15, 0.2) is 18.2 Å². The van der Waals surface area contributed by atoms with Crippen LogP contribution >= 0.6 is 11.6 Å². The molecule has 1 amide bonds. The van der Waals surface area contributed by atoms with Gasteiger partial charge in [0.15, 0.2) is 0 Å². The Morgan fingerprint density at radius 2 is 2.10 bits per heavy atom. The third-order valence-corrected chi connectivity index (χ3v) is 3.84. The normalized spacial score (nSPS) is 12.0. The summed E-state index contributed by atoms with van der Waals surface area (Å²) in [5.74, 6) is -0.169. The number of amides is 1. The number of nitro groups is 1. The Labute approximate surface area is 130 Å². The quantitative estimate of drug-likeness (QED) is 0.557. The van der Waals surface area contributed by atoms with Crippen LogP contribution in [0.4, 0.5) is 5.69 Å². The summed E-state index contributed by atoms with van der Waals surface area (Å²) in [6.45, 7) is 6.75. The molecule has 21 heavy (non-hydrogen) atoms. The van der Waals surface area contributed by atoms with E-state index in [0.29, 0.717) is 12.1 Å². The molecule has 0 radical (unpaired) electrons. The summed E-state index contributed by atoms with van der Waals surface area (Å²) in [6.07, 6.45) is 2.76. The van der Waals surface area contributed by atoms with E-state index >= 15 is 0 Å². The molecule has 0 aliphatic heterocycles. The minimum absolute atomic E-state index is 0.107. The Bertz CT molecular complexity index is 520. The van der Waals surface area contributed by atoms with Crippen molar-refractivity contribution in [2.24, 2.45) is 0 Å². The van der Waals surface area contributed by atoms with Gasteiger partial charge in [0.25, 0.3) is 11.6 Å². The van der Waals surface area contributed by atoms with Crippen molar-refractivity contribution < 1.29 is 9.72 Å². The summed E-state index contributed by atoms with van der Waals surface area (Å²) in [5, 5.41) is 10.8. The molecule has 0 saturated carbocycles. The molecule has 5 nitrogen and oxygen atoms in total. The lowest BCUT2D eigenvalue weighted by Crippen LogP contribution is -2.39. The number of non-ortho nitro benzene ring substituents is 1. The predicted octanol–water partition coefficient (Wildman–Crippen LogP) is 4.29. The zero-order valence-corrected chi connectivity index (χ0v) is 13.4. The molecule has 1 rings (SSSR count). The molecule has 0 N–H and O–H groups in total. The molecule has 116 valence electrons. The zero-order valence-electron chi connectivity index (χ0n) is 12.6. The molecule has 0 fully saturated rings. The van der Waals surface area contributed by atoms with Crippen LogP contribution in [0, 0.1) is 10.1 Å². The molecule has 0 saturated heterocycles. The fourth-order valence-electron chi connectivity index (χ4n) is 2.02. The summed E-state index contributed by atoms with van der Waals surface area (Å²) in [4.78, 5) is 24.6. The lowest BCUT2D eigenvalue weighted by atomic mass is 10.1. The number of hydrogen-bond donors (Lipinski definition) is 0. The molecule has 0 aliphatic rings. The van der Waals surface area contributed by atoms with Gasteiger partial charge in [-0.1, -0.05) is 31.9 Å². The summed E-state index contributed by atoms with van der Waals surface area (Å²) in [5.41, 5.74) is 0.207. The summed E-state index contributed by atoms with van der Waals surface area (Å²) >= 11 is 6.04. The van der Waals surface area contributed by atoms with Crippen LogP contribution in [-0.4, -0.2) is 28.3 Å². The first-order valence-corrected chi connectivity index (χ1v) is 7.55. The van der Waals surface area contributed by atoms with Gasteiger partial charge in [-0.2, -0.15) is 0 Å². The molecule has 1 atom stereocenters. The molecule has 0 bridgehead atoms. The largest absolute Gasteiger partial charge is 0.336 e. The molecule has 0 aliphatic carbocycles. The van der Waals surface area contributed by atoms with Gasteiger partial charge in [-0.3, -0.25) is 14.9 Å². The summed E-state index contributed by atoms with van der Waals surface area (Å²) < 4.78 is 0. The zero-order chi connectivity index (χ0) is 16.0. The van der Waals surface area contributed by atoms with E-state index in [-0.39, 0.29) is 22.7 Å². The van der Waals surface area contributed by atoms with Crippen molar-refractivity contribution in [3.8, 4) is 0 Å². The molecule has 1 aromatic carbocycles. The number of benzene rings is 1. The van der Waals surface area contributed by atoms with Crippen LogP contribution in [0.5, 0.6) is 0 Å². The van der Waals surface area contributed by atoms with E-state index in [1.54, 1.807) is 4.90 Å². The first-order valence-electron chi connectivity index (χ1n) is 7.17. The molecule has 0 heterocycles. The number of unbranched alkanes of at least 4 members (excludes halogenated alkanes) is 1. The van der Waals surface area contributed by atoms with Crippen molar-refractivity contribution in [1.29, 1.82) is 0 Å². The fourth-order valence-corrected chi connectivity index (χ4v) is 2.27. The van der Waals surface area contributed by atoms with Gasteiger partial charge in [-0.05, 0) is 25.8 Å². The van der Waals surface area contributed by atoms with Crippen molar-refractivity contribution in [3.05, 3.63) is 38.9 Å². The van der Waals surface area contributed by atoms with Crippen LogP contribution < -0.4 is 0 Å². The molecule has 0 aromatic heterocycles. The molecular formula is C15H21ClN2O3. The third-order valence-electron chi connectivity index (χ3n) is 3.53. The molecule has 1 aromatic rings. The van der Waals surface area contributed by atoms with Crippen LogP contribution in [-0.2, 0) is 0 Å². The first kappa shape index (κ1) is 17.4. The number of carbonyl (C=O) groups excluding carboxylic acids is 1. The second kappa shape index (κ2) is 7.98. The number of carbonyl (C=O) groups is 1. The molecule has 6 heteroatoms. The van der Waals surface area contributed by atoms with Gasteiger partial charge in [-0.15, -0.1) is 0 Å². The number of hydrogen-bond acceptors (Lipinski definition) is 3. The van der Waals surface area contributed by atoms with Gasteiger partial charge in [0.1, 0.15) is 0 Å². The van der Waals surface area contributed by atoms with E-state index in [2.05, 4.69) is 6.92 Å². The minimum Gasteiger partial charge on any atom is -0.336 e. The number of halogens is 1. The van der Waals surface area contributed by atoms with Gasteiger partial charge >= 0.3 is 0 Å². The molecular weight excluding hydrogens is 292 g/mol. The lowest BCUT2D eigenvalue weighted by Gasteiger charge is -2.29. The highest BCUT2D eigenvalue weighted by molar-refractivity contribution is 6.34. The Morgan fingerprint density at radius 1 is 1.43 bits per heavy atom. The highest BCUT2D eigenvalue weighted by atomic mass is 35.5. The van der Waals surface area contributed by atoms with E-state index in [9.17, 15) is 14.9 Å². The van der Waals surface area contributed by atoms with Gasteiger partial charge in [0, 0.05) is 24.7 Å². The predicted molar refractivity (Wildman–Crippen MR) is 83.8 cm³/mol. The first-order chi connectivity index (χ1) is 9.92. The Hall–Kier alpha value is -1.62. The van der Waals surface area contributed by atoms with Crippen molar-refractivity contribution >= 4 is 23.2 Å². The SMILES string of the molecule is CCCCN(C(=O)c1ccc([N+](=O)[O-])cc1Cl)C(C)CC. The molecule has 1 unspecified atom stereocenters. The van der Waals surface area contributed by atoms with E-state index in [4.69, 9.17) is 11.6 Å². The van der Waals surface area contributed by atoms with Crippen molar-refractivity contribution in [3.63, 3.8) is 0 Å². The van der Waals surface area contributed by atoms with Gasteiger partial charge < -0.3 is 4.90 Å². The van der Waals surface area contributed by atoms with E-state index in [1.807, 2.05) is 13.8 Å². The third kappa shape index (κ3) is 4.43. The standard InChI is InChI=1S/C15H21ClN2O3/c1-4-6-9-17(11(3)5-2)15(19)13-8-7-12(18(20)21)10-14(13)16/h7-8,10-11H,4-6,9H2,1-3H3. The van der Waals surface area contributed by atoms with Crippen molar-refractivity contribution in [2.45, 2.75) is 46.1 Å². The maximum atomic E-state index is 12.6. The average Bonchev–Trinajstić information content (AvgIpc) is 2.46. The maximum Gasteiger partial charge on any atom is 0.270 e. The Morgan fingerprint density at radius 3 is 2.57 bits per heavy atom. The van der Waals surface area contributed by atoms with Crippen LogP contribution in [0.1, 0.15) is 50.4 Å². The minimum atomic E-state index is -0.524. The van der Waals surface area contributed by atoms with Crippen molar-refractivity contribution in [1.82, 2.24) is 4.90 Å². The highest BCUT2D eigenvalue weighted by Crippen LogP contribution is 2.24. The number of nitro benzene ring substituents is 1. The van der Waals surface area contributed by atoms with Gasteiger partial charge in [0.2, 0.25) is 0 Å². The van der Waals surface area contributed by atoms with Crippen LogP contribution in [0.2, 0.25) is 5.02 Å². The lowest BCUT2D eigenvalue weighted by molar-refractivity contribution is -0.384. The van der Waals surface area contributed by atoms with Crippen molar-refractivity contribution in [2.75, 3.05) is 6.54 Å². The van der Waals surface area contributed by atoms with Gasteiger partial charge in [0.05, 0.1) is 15.5 Å².